The smallest absolute Gasteiger partial charge is 0.214 e. The number of hydrogen-bond donors (Lipinski definition) is 0. The van der Waals surface area contributed by atoms with E-state index in [2.05, 4.69) is 21.0 Å². The fourth-order valence-corrected chi connectivity index (χ4v) is 2.21. The van der Waals surface area contributed by atoms with Crippen LogP contribution in [0.5, 0.6) is 5.88 Å². The summed E-state index contributed by atoms with van der Waals surface area (Å²) in [7, 11) is 1.58. The Hall–Kier alpha value is -1.36. The lowest BCUT2D eigenvalue weighted by molar-refractivity contribution is 0.112. The van der Waals surface area contributed by atoms with E-state index in [4.69, 9.17) is 4.74 Å². The van der Waals surface area contributed by atoms with Crippen molar-refractivity contribution in [3.63, 3.8) is 0 Å². The zero-order chi connectivity index (χ0) is 11.7. The minimum atomic E-state index is 0.612. The summed E-state index contributed by atoms with van der Waals surface area (Å²) < 4.78 is 7.68. The third kappa shape index (κ3) is 1.51. The van der Waals surface area contributed by atoms with Gasteiger partial charge in [-0.05, 0) is 28.4 Å². The Morgan fingerprint density at radius 1 is 1.56 bits per heavy atom. The molecule has 4 nitrogen and oxygen atoms in total. The molecule has 84 valence electrons. The van der Waals surface area contributed by atoms with Crippen molar-refractivity contribution in [3.05, 3.63) is 27.9 Å². The molecule has 2 heterocycles. The van der Waals surface area contributed by atoms with E-state index >= 15 is 0 Å². The SMILES string of the molecule is CCc1nn2c(OC)ccc(Br)c2c1C=O. The number of aromatic nitrogens is 2. The number of methoxy groups -OCH3 is 1. The van der Waals surface area contributed by atoms with Crippen LogP contribution in [0.4, 0.5) is 0 Å². The van der Waals surface area contributed by atoms with Crippen molar-refractivity contribution >= 4 is 27.7 Å². The number of carbonyl (C=O) groups excluding carboxylic acids is 1. The summed E-state index contributed by atoms with van der Waals surface area (Å²) >= 11 is 3.42. The quantitative estimate of drug-likeness (QED) is 0.813. The van der Waals surface area contributed by atoms with Crippen LogP contribution in [0.25, 0.3) is 5.52 Å². The summed E-state index contributed by atoms with van der Waals surface area (Å²) in [6, 6.07) is 3.65. The molecule has 0 radical (unpaired) electrons. The van der Waals surface area contributed by atoms with E-state index in [1.165, 1.54) is 0 Å². The highest BCUT2D eigenvalue weighted by Gasteiger charge is 2.15. The van der Waals surface area contributed by atoms with Crippen molar-refractivity contribution in [2.24, 2.45) is 0 Å². The van der Waals surface area contributed by atoms with Gasteiger partial charge >= 0.3 is 0 Å². The number of fused-ring (bicyclic) bond motifs is 1. The molecule has 0 amide bonds. The minimum Gasteiger partial charge on any atom is -0.481 e. The van der Waals surface area contributed by atoms with Crippen LogP contribution < -0.4 is 4.74 Å². The number of hydrogen-bond acceptors (Lipinski definition) is 3. The first-order valence-corrected chi connectivity index (χ1v) is 5.71. The van der Waals surface area contributed by atoms with E-state index < -0.39 is 0 Å². The Morgan fingerprint density at radius 2 is 2.31 bits per heavy atom. The Labute approximate surface area is 101 Å². The molecule has 0 aromatic carbocycles. The zero-order valence-electron chi connectivity index (χ0n) is 9.03. The highest BCUT2D eigenvalue weighted by Crippen LogP contribution is 2.27. The highest BCUT2D eigenvalue weighted by atomic mass is 79.9. The second-order valence-corrected chi connectivity index (χ2v) is 4.17. The van der Waals surface area contributed by atoms with Gasteiger partial charge in [-0.1, -0.05) is 6.92 Å². The molecule has 2 rings (SSSR count). The molecule has 0 N–H and O–H groups in total. The molecule has 0 aliphatic carbocycles. The van der Waals surface area contributed by atoms with Crippen LogP contribution in [-0.2, 0) is 6.42 Å². The van der Waals surface area contributed by atoms with Gasteiger partial charge in [0.1, 0.15) is 0 Å². The van der Waals surface area contributed by atoms with Crippen molar-refractivity contribution < 1.29 is 9.53 Å². The Morgan fingerprint density at radius 3 is 2.88 bits per heavy atom. The molecule has 0 bridgehead atoms. The fourth-order valence-electron chi connectivity index (χ4n) is 1.70. The third-order valence-corrected chi connectivity index (χ3v) is 3.11. The number of halogens is 1. The molecule has 0 aliphatic rings. The number of aryl methyl sites for hydroxylation is 1. The number of rotatable bonds is 3. The van der Waals surface area contributed by atoms with Crippen LogP contribution in [0.15, 0.2) is 16.6 Å². The molecule has 0 saturated carbocycles. The van der Waals surface area contributed by atoms with Crippen LogP contribution in [0.3, 0.4) is 0 Å². The second-order valence-electron chi connectivity index (χ2n) is 3.32. The van der Waals surface area contributed by atoms with Crippen LogP contribution >= 0.6 is 15.9 Å². The van der Waals surface area contributed by atoms with Crippen molar-refractivity contribution in [1.82, 2.24) is 9.61 Å². The number of aldehydes is 1. The van der Waals surface area contributed by atoms with E-state index in [-0.39, 0.29) is 0 Å². The van der Waals surface area contributed by atoms with Crippen molar-refractivity contribution in [2.75, 3.05) is 7.11 Å². The predicted molar refractivity (Wildman–Crippen MR) is 64.2 cm³/mol. The van der Waals surface area contributed by atoms with E-state index in [1.54, 1.807) is 17.7 Å². The topological polar surface area (TPSA) is 43.6 Å². The number of carbonyl (C=O) groups is 1. The van der Waals surface area contributed by atoms with Gasteiger partial charge in [0.2, 0.25) is 5.88 Å². The van der Waals surface area contributed by atoms with Crippen LogP contribution in [0.2, 0.25) is 0 Å². The lowest BCUT2D eigenvalue weighted by atomic mass is 10.2. The maximum absolute atomic E-state index is 11.1. The van der Waals surface area contributed by atoms with Crippen molar-refractivity contribution in [1.29, 1.82) is 0 Å². The van der Waals surface area contributed by atoms with Gasteiger partial charge in [-0.2, -0.15) is 9.61 Å². The van der Waals surface area contributed by atoms with Crippen LogP contribution in [-0.4, -0.2) is 23.0 Å². The van der Waals surface area contributed by atoms with Gasteiger partial charge in [0.15, 0.2) is 6.29 Å². The molecule has 5 heteroatoms. The predicted octanol–water partition coefficient (Wildman–Crippen LogP) is 2.48. The van der Waals surface area contributed by atoms with E-state index in [0.717, 1.165) is 22.0 Å². The Kier molecular flexibility index (Phi) is 2.96. The Bertz CT molecular complexity index is 548. The summed E-state index contributed by atoms with van der Waals surface area (Å²) in [4.78, 5) is 11.1. The average molecular weight is 283 g/mol. The molecule has 0 unspecified atom stereocenters. The average Bonchev–Trinajstić information content (AvgIpc) is 2.69. The van der Waals surface area contributed by atoms with E-state index in [9.17, 15) is 4.79 Å². The molecule has 0 saturated heterocycles. The van der Waals surface area contributed by atoms with Gasteiger partial charge in [-0.15, -0.1) is 0 Å². The summed E-state index contributed by atoms with van der Waals surface area (Å²) in [5, 5.41) is 4.36. The largest absolute Gasteiger partial charge is 0.481 e. The maximum atomic E-state index is 11.1. The zero-order valence-corrected chi connectivity index (χ0v) is 10.6. The maximum Gasteiger partial charge on any atom is 0.214 e. The minimum absolute atomic E-state index is 0.612. The third-order valence-electron chi connectivity index (χ3n) is 2.47. The molecular formula is C11H11BrN2O2. The first-order valence-electron chi connectivity index (χ1n) is 4.92. The van der Waals surface area contributed by atoms with Crippen LogP contribution in [0.1, 0.15) is 23.0 Å². The number of ether oxygens (including phenoxy) is 1. The van der Waals surface area contributed by atoms with Gasteiger partial charge in [-0.3, -0.25) is 4.79 Å². The summed E-state index contributed by atoms with van der Waals surface area (Å²) in [6.45, 7) is 1.97. The molecule has 0 spiro atoms. The van der Waals surface area contributed by atoms with Crippen molar-refractivity contribution in [3.8, 4) is 5.88 Å². The summed E-state index contributed by atoms with van der Waals surface area (Å²) in [5.41, 5.74) is 2.15. The van der Waals surface area contributed by atoms with Crippen molar-refractivity contribution in [2.45, 2.75) is 13.3 Å². The lowest BCUT2D eigenvalue weighted by Crippen LogP contribution is -1.96. The monoisotopic (exact) mass is 282 g/mol. The number of pyridine rings is 1. The molecule has 0 atom stereocenters. The fraction of sp³-hybridized carbons (Fsp3) is 0.273. The first-order chi connectivity index (χ1) is 7.72. The molecule has 16 heavy (non-hydrogen) atoms. The summed E-state index contributed by atoms with van der Waals surface area (Å²) in [6.07, 6.45) is 1.55. The molecular weight excluding hydrogens is 272 g/mol. The van der Waals surface area contributed by atoms with E-state index in [0.29, 0.717) is 17.9 Å². The standard InChI is InChI=1S/C11H11BrN2O2/c1-3-9-7(6-15)11-8(12)4-5-10(16-2)14(11)13-9/h4-6H,3H2,1-2H3. The van der Waals surface area contributed by atoms with Gasteiger partial charge in [-0.25, -0.2) is 0 Å². The molecule has 2 aromatic heterocycles. The number of nitrogens with zero attached hydrogens (tertiary/aromatic N) is 2. The van der Waals surface area contributed by atoms with Crippen LogP contribution in [0, 0.1) is 0 Å². The highest BCUT2D eigenvalue weighted by molar-refractivity contribution is 9.10. The molecule has 0 aliphatic heterocycles. The molecule has 2 aromatic rings. The molecule has 0 fully saturated rings. The first kappa shape index (κ1) is 11.1. The van der Waals surface area contributed by atoms with Gasteiger partial charge in [0.05, 0.1) is 23.9 Å². The van der Waals surface area contributed by atoms with E-state index in [1.807, 2.05) is 13.0 Å². The lowest BCUT2D eigenvalue weighted by Gasteiger charge is -2.03. The second kappa shape index (κ2) is 4.25. The normalized spacial score (nSPS) is 10.7. The van der Waals surface area contributed by atoms with Gasteiger partial charge < -0.3 is 4.74 Å². The Balaban J connectivity index is 2.89. The summed E-state index contributed by atoms with van der Waals surface area (Å²) in [5.74, 6) is 0.612. The van der Waals surface area contributed by atoms with Gasteiger partial charge in [0.25, 0.3) is 0 Å². The van der Waals surface area contributed by atoms with Gasteiger partial charge in [0, 0.05) is 10.5 Å².